The minimum Gasteiger partial charge on any atom is -0.491 e. The summed E-state index contributed by atoms with van der Waals surface area (Å²) >= 11 is 0. The molecule has 0 fully saturated rings. The number of benzene rings is 2. The fraction of sp³-hybridized carbons (Fsp3) is 0.462. The number of nitrogens with zero attached hydrogens (tertiary/aromatic N) is 5. The Labute approximate surface area is 212 Å². The average Bonchev–Trinajstić information content (AvgIpc) is 3.47. The summed E-state index contributed by atoms with van der Waals surface area (Å²) in [6.45, 7) is 4.39. The van der Waals surface area contributed by atoms with Gasteiger partial charge in [-0.2, -0.15) is 0 Å². The zero-order valence-electron chi connectivity index (χ0n) is 21.6. The van der Waals surface area contributed by atoms with Crippen LogP contribution < -0.4 is 15.2 Å². The molecule has 10 heteroatoms. The van der Waals surface area contributed by atoms with Gasteiger partial charge in [0.2, 0.25) is 0 Å². The van der Waals surface area contributed by atoms with Crippen LogP contribution in [0.15, 0.2) is 34.3 Å². The monoisotopic (exact) mass is 496 g/mol. The summed E-state index contributed by atoms with van der Waals surface area (Å²) in [7, 11) is 8.08. The molecule has 0 spiro atoms. The fourth-order valence-corrected chi connectivity index (χ4v) is 3.79. The van der Waals surface area contributed by atoms with E-state index in [0.717, 1.165) is 54.9 Å². The zero-order valence-corrected chi connectivity index (χ0v) is 21.6. The van der Waals surface area contributed by atoms with Gasteiger partial charge in [0.15, 0.2) is 5.75 Å². The first-order chi connectivity index (χ1) is 17.2. The summed E-state index contributed by atoms with van der Waals surface area (Å²) in [5, 5.41) is 11.0. The summed E-state index contributed by atoms with van der Waals surface area (Å²) in [4.78, 5) is 23.1. The van der Waals surface area contributed by atoms with Crippen molar-refractivity contribution in [3.8, 4) is 11.5 Å². The van der Waals surface area contributed by atoms with E-state index in [2.05, 4.69) is 29.0 Å². The molecule has 0 aliphatic carbocycles. The molecular formula is C26H36N6O4. The van der Waals surface area contributed by atoms with Crippen molar-refractivity contribution in [2.45, 2.75) is 25.9 Å². The predicted molar refractivity (Wildman–Crippen MR) is 144 cm³/mol. The molecule has 36 heavy (non-hydrogen) atoms. The zero-order chi connectivity index (χ0) is 26.1. The summed E-state index contributed by atoms with van der Waals surface area (Å²) < 4.78 is 11.3. The standard InChI is InChI=1S/C13H17N3O3.C13H19N3O/c1-15(2)4-3-5-19-13-7-11-9-14-8-10(11)6-12(13)16(17)18;1-16(2)4-3-5-17-13-7-11-9-15-8-10(11)6-12(13)14/h6-8H,3-5,9H2,1-2H3;6-8H,3-5,9,14H2,1-2H3. The van der Waals surface area contributed by atoms with Crippen molar-refractivity contribution in [1.82, 2.24) is 9.80 Å². The van der Waals surface area contributed by atoms with Crippen LogP contribution in [0.1, 0.15) is 35.1 Å². The molecule has 0 amide bonds. The van der Waals surface area contributed by atoms with Crippen LogP contribution in [0.2, 0.25) is 0 Å². The third kappa shape index (κ3) is 7.76. The lowest BCUT2D eigenvalue weighted by Gasteiger charge is -2.12. The third-order valence-corrected chi connectivity index (χ3v) is 5.69. The topological polar surface area (TPSA) is 119 Å². The van der Waals surface area contributed by atoms with Crippen LogP contribution in [-0.4, -0.2) is 81.6 Å². The molecule has 194 valence electrons. The predicted octanol–water partition coefficient (Wildman–Crippen LogP) is 3.39. The van der Waals surface area contributed by atoms with Crippen LogP contribution in [0, 0.1) is 10.1 Å². The highest BCUT2D eigenvalue weighted by atomic mass is 16.6. The molecule has 2 N–H and O–H groups in total. The smallest absolute Gasteiger partial charge is 0.311 e. The molecular weight excluding hydrogens is 460 g/mol. The lowest BCUT2D eigenvalue weighted by Crippen LogP contribution is -2.15. The maximum absolute atomic E-state index is 11.0. The Morgan fingerprint density at radius 1 is 0.861 bits per heavy atom. The SMILES string of the molecule is CN(C)CCCOc1cc2c(cc1N)C=NC2.CN(C)CCCOc1cc2c(cc1[N+](=O)[O-])C=NC2. The van der Waals surface area contributed by atoms with E-state index >= 15 is 0 Å². The minimum atomic E-state index is -0.409. The van der Waals surface area contributed by atoms with Gasteiger partial charge in [-0.15, -0.1) is 0 Å². The number of fused-ring (bicyclic) bond motifs is 2. The van der Waals surface area contributed by atoms with Gasteiger partial charge in [0.05, 0.1) is 36.9 Å². The van der Waals surface area contributed by atoms with Gasteiger partial charge < -0.3 is 25.0 Å². The molecule has 0 atom stereocenters. The van der Waals surface area contributed by atoms with Gasteiger partial charge >= 0.3 is 5.69 Å². The van der Waals surface area contributed by atoms with E-state index < -0.39 is 4.92 Å². The van der Waals surface area contributed by atoms with Gasteiger partial charge in [0.1, 0.15) is 5.75 Å². The quantitative estimate of drug-likeness (QED) is 0.219. The molecule has 0 aromatic heterocycles. The number of aliphatic imine (C=N–C) groups is 2. The highest BCUT2D eigenvalue weighted by molar-refractivity contribution is 5.87. The first kappa shape index (κ1) is 27.1. The number of nitrogen functional groups attached to an aromatic ring is 1. The van der Waals surface area contributed by atoms with E-state index in [1.165, 1.54) is 11.6 Å². The van der Waals surface area contributed by atoms with Crippen LogP contribution in [0.25, 0.3) is 0 Å². The van der Waals surface area contributed by atoms with Crippen LogP contribution in [0.5, 0.6) is 11.5 Å². The minimum absolute atomic E-state index is 0.0111. The summed E-state index contributed by atoms with van der Waals surface area (Å²) in [6.07, 6.45) is 5.36. The maximum atomic E-state index is 11.0. The van der Waals surface area contributed by atoms with Gasteiger partial charge in [0, 0.05) is 37.1 Å². The van der Waals surface area contributed by atoms with Crippen LogP contribution in [0.4, 0.5) is 11.4 Å². The normalized spacial score (nSPS) is 12.9. The van der Waals surface area contributed by atoms with Crippen molar-refractivity contribution in [2.75, 3.05) is 60.2 Å². The van der Waals surface area contributed by atoms with Crippen LogP contribution in [-0.2, 0) is 13.1 Å². The molecule has 4 rings (SSSR count). The van der Waals surface area contributed by atoms with Gasteiger partial charge in [-0.25, -0.2) is 0 Å². The fourth-order valence-electron chi connectivity index (χ4n) is 3.79. The maximum Gasteiger partial charge on any atom is 0.311 e. The lowest BCUT2D eigenvalue weighted by atomic mass is 10.1. The number of ether oxygens (including phenoxy) is 2. The van der Waals surface area contributed by atoms with Gasteiger partial charge in [-0.1, -0.05) is 0 Å². The van der Waals surface area contributed by atoms with E-state index in [1.807, 2.05) is 37.3 Å². The number of nitro groups is 1. The van der Waals surface area contributed by atoms with Crippen molar-refractivity contribution in [1.29, 1.82) is 0 Å². The Morgan fingerprint density at radius 2 is 1.36 bits per heavy atom. The van der Waals surface area contributed by atoms with Gasteiger partial charge in [-0.05, 0) is 75.9 Å². The number of nitro benzene ring substituents is 1. The molecule has 2 aromatic rings. The molecule has 0 bridgehead atoms. The Hall–Kier alpha value is -3.50. The molecule has 10 nitrogen and oxygen atoms in total. The molecule has 0 radical (unpaired) electrons. The summed E-state index contributed by atoms with van der Waals surface area (Å²) in [6, 6.07) is 7.21. The molecule has 2 aliphatic rings. The second-order valence-corrected chi connectivity index (χ2v) is 9.31. The summed E-state index contributed by atoms with van der Waals surface area (Å²) in [5.41, 5.74) is 10.7. The number of nitrogens with two attached hydrogens (primary N) is 1. The lowest BCUT2D eigenvalue weighted by molar-refractivity contribution is -0.385. The van der Waals surface area contributed by atoms with E-state index in [1.54, 1.807) is 12.3 Å². The molecule has 2 heterocycles. The second kappa shape index (κ2) is 13.0. The molecule has 2 aromatic carbocycles. The van der Waals surface area contributed by atoms with E-state index in [9.17, 15) is 10.1 Å². The van der Waals surface area contributed by atoms with Crippen LogP contribution >= 0.6 is 0 Å². The molecule has 0 saturated carbocycles. The molecule has 0 saturated heterocycles. The average molecular weight is 497 g/mol. The first-order valence-electron chi connectivity index (χ1n) is 12.0. The Morgan fingerprint density at radius 3 is 1.89 bits per heavy atom. The Balaban J connectivity index is 0.000000202. The third-order valence-electron chi connectivity index (χ3n) is 5.69. The number of hydrogen-bond donors (Lipinski definition) is 1. The van der Waals surface area contributed by atoms with Gasteiger partial charge in [-0.3, -0.25) is 20.1 Å². The van der Waals surface area contributed by atoms with Crippen molar-refractivity contribution in [3.05, 3.63) is 56.6 Å². The molecule has 0 unspecified atom stereocenters. The first-order valence-corrected chi connectivity index (χ1v) is 12.0. The number of rotatable bonds is 11. The van der Waals surface area contributed by atoms with Gasteiger partial charge in [0.25, 0.3) is 0 Å². The highest BCUT2D eigenvalue weighted by Crippen LogP contribution is 2.32. The van der Waals surface area contributed by atoms with Crippen LogP contribution in [0.3, 0.4) is 0 Å². The van der Waals surface area contributed by atoms with E-state index in [4.69, 9.17) is 15.2 Å². The number of hydrogen-bond acceptors (Lipinski definition) is 9. The van der Waals surface area contributed by atoms with Crippen molar-refractivity contribution < 1.29 is 14.4 Å². The van der Waals surface area contributed by atoms with E-state index in [0.29, 0.717) is 31.2 Å². The van der Waals surface area contributed by atoms with Crippen molar-refractivity contribution in [2.24, 2.45) is 9.98 Å². The van der Waals surface area contributed by atoms with Crippen molar-refractivity contribution in [3.63, 3.8) is 0 Å². The van der Waals surface area contributed by atoms with Crippen molar-refractivity contribution >= 4 is 23.8 Å². The second-order valence-electron chi connectivity index (χ2n) is 9.31. The largest absolute Gasteiger partial charge is 0.491 e. The number of anilines is 1. The highest BCUT2D eigenvalue weighted by Gasteiger charge is 2.20. The Bertz CT molecular complexity index is 1110. The summed E-state index contributed by atoms with van der Waals surface area (Å²) in [5.74, 6) is 1.13. The molecule has 2 aliphatic heterocycles. The van der Waals surface area contributed by atoms with E-state index in [-0.39, 0.29) is 5.69 Å². The Kier molecular flexibility index (Phi) is 9.77.